The maximum absolute atomic E-state index is 11.6. The van der Waals surface area contributed by atoms with Gasteiger partial charge in [-0.05, 0) is 41.6 Å². The van der Waals surface area contributed by atoms with Crippen LogP contribution in [0.25, 0.3) is 6.08 Å². The minimum absolute atomic E-state index is 0.00327. The molecule has 0 unspecified atom stereocenters. The maximum atomic E-state index is 11.6. The number of non-ortho nitro benzene ring substituents is 1. The number of nitro groups is 1. The quantitative estimate of drug-likeness (QED) is 0.251. The van der Waals surface area contributed by atoms with Gasteiger partial charge in [0.1, 0.15) is 17.3 Å². The van der Waals surface area contributed by atoms with Gasteiger partial charge in [0.2, 0.25) is 5.89 Å². The first kappa shape index (κ1) is 20.1. The Balaban J connectivity index is 1.78. The fraction of sp³-hybridized carbons (Fsp3) is 0.105. The molecule has 0 fully saturated rings. The maximum Gasteiger partial charge on any atom is 0.342 e. The van der Waals surface area contributed by atoms with E-state index in [0.29, 0.717) is 17.2 Å². The van der Waals surface area contributed by atoms with Gasteiger partial charge in [-0.2, -0.15) is 0 Å². The number of carboxylic acid groups (broad SMARTS) is 1. The second-order valence-electron chi connectivity index (χ2n) is 5.75. The molecule has 0 saturated heterocycles. The van der Waals surface area contributed by atoms with E-state index in [1.807, 2.05) is 0 Å². The van der Waals surface area contributed by atoms with Gasteiger partial charge in [0.25, 0.3) is 10.9 Å². The number of rotatable bonds is 8. The number of carbonyl (C=O) groups is 1. The molecule has 148 valence electrons. The summed E-state index contributed by atoms with van der Waals surface area (Å²) in [6.45, 7) is 1.78. The minimum atomic E-state index is -1.14. The highest BCUT2D eigenvalue weighted by atomic mass is 32.2. The Morgan fingerprint density at radius 1 is 1.24 bits per heavy atom. The number of hydrogen-bond acceptors (Lipinski definition) is 8. The number of thioether (sulfide) groups is 1. The first-order valence-corrected chi connectivity index (χ1v) is 9.12. The van der Waals surface area contributed by atoms with Gasteiger partial charge >= 0.3 is 5.97 Å². The Hall–Kier alpha value is -3.66. The largest absolute Gasteiger partial charge is 0.488 e. The number of benzene rings is 2. The van der Waals surface area contributed by atoms with Crippen LogP contribution in [0.15, 0.2) is 63.1 Å². The van der Waals surface area contributed by atoms with E-state index in [-0.39, 0.29) is 22.4 Å². The lowest BCUT2D eigenvalue weighted by Gasteiger charge is -2.10. The highest BCUT2D eigenvalue weighted by molar-refractivity contribution is 8.03. The molecule has 10 heteroatoms. The van der Waals surface area contributed by atoms with Crippen LogP contribution < -0.4 is 4.74 Å². The molecule has 0 spiro atoms. The molecule has 1 N–H and O–H groups in total. The van der Waals surface area contributed by atoms with Crippen molar-refractivity contribution < 1.29 is 24.0 Å². The summed E-state index contributed by atoms with van der Waals surface area (Å²) in [5.74, 6) is -0.341. The predicted molar refractivity (Wildman–Crippen MR) is 104 cm³/mol. The average Bonchev–Trinajstić information content (AvgIpc) is 3.11. The third-order valence-electron chi connectivity index (χ3n) is 3.66. The summed E-state index contributed by atoms with van der Waals surface area (Å²) in [6.07, 6.45) is 1.46. The molecule has 9 nitrogen and oxygen atoms in total. The summed E-state index contributed by atoms with van der Waals surface area (Å²) in [7, 11) is 0. The molecule has 0 bridgehead atoms. The number of nitro benzene ring substituents is 1. The topological polar surface area (TPSA) is 129 Å². The SMILES string of the molecule is Cc1nnc(S/C(=C\c2ccccc2OCc2ccc([N+](=O)[O-])cc2)C(=O)O)o1. The number of ether oxygens (including phenoxy) is 1. The summed E-state index contributed by atoms with van der Waals surface area (Å²) < 4.78 is 11.0. The molecular formula is C19H15N3O6S. The minimum Gasteiger partial charge on any atom is -0.488 e. The predicted octanol–water partition coefficient (Wildman–Crippen LogP) is 4.08. The third kappa shape index (κ3) is 5.42. The van der Waals surface area contributed by atoms with Crippen LogP contribution in [0, 0.1) is 17.0 Å². The van der Waals surface area contributed by atoms with E-state index in [4.69, 9.17) is 9.15 Å². The Bertz CT molecular complexity index is 1060. The number of hydrogen-bond donors (Lipinski definition) is 1. The number of aromatic nitrogens is 2. The van der Waals surface area contributed by atoms with Crippen molar-refractivity contribution in [3.63, 3.8) is 0 Å². The molecule has 0 radical (unpaired) electrons. The highest BCUT2D eigenvalue weighted by Crippen LogP contribution is 2.30. The number of carboxylic acids is 1. The van der Waals surface area contributed by atoms with Crippen LogP contribution in [0.1, 0.15) is 17.0 Å². The molecule has 3 aromatic rings. The van der Waals surface area contributed by atoms with Gasteiger partial charge < -0.3 is 14.3 Å². The Kier molecular flexibility index (Phi) is 6.25. The van der Waals surface area contributed by atoms with E-state index < -0.39 is 10.9 Å². The number of para-hydroxylation sites is 1. The van der Waals surface area contributed by atoms with Gasteiger partial charge in [-0.3, -0.25) is 10.1 Å². The molecule has 0 aliphatic rings. The molecule has 1 heterocycles. The zero-order valence-corrected chi connectivity index (χ0v) is 16.0. The fourth-order valence-electron chi connectivity index (χ4n) is 2.30. The molecule has 0 aliphatic carbocycles. The first-order chi connectivity index (χ1) is 13.9. The van der Waals surface area contributed by atoms with E-state index in [0.717, 1.165) is 17.3 Å². The summed E-state index contributed by atoms with van der Waals surface area (Å²) in [5, 5.41) is 27.8. The van der Waals surface area contributed by atoms with Crippen molar-refractivity contribution in [2.75, 3.05) is 0 Å². The Labute approximate surface area is 169 Å². The van der Waals surface area contributed by atoms with Crippen LogP contribution in [-0.2, 0) is 11.4 Å². The molecule has 0 saturated carbocycles. The Morgan fingerprint density at radius 2 is 1.97 bits per heavy atom. The van der Waals surface area contributed by atoms with E-state index in [2.05, 4.69) is 10.2 Å². The van der Waals surface area contributed by atoms with Crippen LogP contribution in [0.2, 0.25) is 0 Å². The molecule has 3 rings (SSSR count). The summed E-state index contributed by atoms with van der Waals surface area (Å²) >= 11 is 0.842. The smallest absolute Gasteiger partial charge is 0.342 e. The second-order valence-corrected chi connectivity index (χ2v) is 6.75. The lowest BCUT2D eigenvalue weighted by atomic mass is 10.2. The van der Waals surface area contributed by atoms with Crippen molar-refractivity contribution in [3.05, 3.63) is 80.6 Å². The number of aliphatic carboxylic acids is 1. The molecular weight excluding hydrogens is 398 g/mol. The van der Waals surface area contributed by atoms with Gasteiger partial charge in [-0.1, -0.05) is 18.2 Å². The van der Waals surface area contributed by atoms with E-state index in [1.165, 1.54) is 18.2 Å². The number of aryl methyl sites for hydroxylation is 1. The summed E-state index contributed by atoms with van der Waals surface area (Å²) in [6, 6.07) is 12.9. The number of nitrogens with zero attached hydrogens (tertiary/aromatic N) is 3. The van der Waals surface area contributed by atoms with Gasteiger partial charge in [0, 0.05) is 24.6 Å². The Morgan fingerprint density at radius 3 is 2.59 bits per heavy atom. The summed E-state index contributed by atoms with van der Waals surface area (Å²) in [4.78, 5) is 21.9. The van der Waals surface area contributed by atoms with Crippen LogP contribution >= 0.6 is 11.8 Å². The molecule has 0 amide bonds. The van der Waals surface area contributed by atoms with Gasteiger partial charge in [-0.15, -0.1) is 10.2 Å². The third-order valence-corrected chi connectivity index (χ3v) is 4.51. The molecule has 29 heavy (non-hydrogen) atoms. The van der Waals surface area contributed by atoms with Crippen molar-refractivity contribution in [2.24, 2.45) is 0 Å². The van der Waals surface area contributed by atoms with Gasteiger partial charge in [0.05, 0.1) is 4.92 Å². The standard InChI is InChI=1S/C19H15N3O6S/c1-12-20-21-19(28-12)29-17(18(23)24)10-14-4-2-3-5-16(14)27-11-13-6-8-15(9-7-13)22(25)26/h2-10H,11H2,1H3,(H,23,24)/b17-10-. The van der Waals surface area contributed by atoms with Crippen LogP contribution in [0.5, 0.6) is 5.75 Å². The van der Waals surface area contributed by atoms with Gasteiger partial charge in [0.15, 0.2) is 0 Å². The van der Waals surface area contributed by atoms with Crippen molar-refractivity contribution in [1.82, 2.24) is 10.2 Å². The molecule has 2 aromatic carbocycles. The van der Waals surface area contributed by atoms with E-state index in [9.17, 15) is 20.0 Å². The molecule has 1 aromatic heterocycles. The van der Waals surface area contributed by atoms with Crippen molar-refractivity contribution in [1.29, 1.82) is 0 Å². The van der Waals surface area contributed by atoms with Crippen LogP contribution in [0.3, 0.4) is 0 Å². The van der Waals surface area contributed by atoms with Crippen LogP contribution in [-0.4, -0.2) is 26.2 Å². The normalized spacial score (nSPS) is 11.3. The highest BCUT2D eigenvalue weighted by Gasteiger charge is 2.15. The average molecular weight is 413 g/mol. The van der Waals surface area contributed by atoms with Crippen molar-refractivity contribution >= 4 is 29.5 Å². The lowest BCUT2D eigenvalue weighted by molar-refractivity contribution is -0.384. The van der Waals surface area contributed by atoms with E-state index >= 15 is 0 Å². The molecule has 0 atom stereocenters. The fourth-order valence-corrected chi connectivity index (χ4v) is 3.00. The summed E-state index contributed by atoms with van der Waals surface area (Å²) in [5.41, 5.74) is 1.29. The van der Waals surface area contributed by atoms with Crippen molar-refractivity contribution in [3.8, 4) is 5.75 Å². The zero-order valence-electron chi connectivity index (χ0n) is 15.1. The first-order valence-electron chi connectivity index (χ1n) is 8.30. The second kappa shape index (κ2) is 9.02. The lowest BCUT2D eigenvalue weighted by Crippen LogP contribution is -1.99. The van der Waals surface area contributed by atoms with Crippen molar-refractivity contribution in [2.45, 2.75) is 18.8 Å². The monoisotopic (exact) mass is 413 g/mol. The molecule has 0 aliphatic heterocycles. The zero-order chi connectivity index (χ0) is 20.8. The van der Waals surface area contributed by atoms with Gasteiger partial charge in [-0.25, -0.2) is 4.79 Å². The van der Waals surface area contributed by atoms with Crippen LogP contribution in [0.4, 0.5) is 5.69 Å². The van der Waals surface area contributed by atoms with E-state index in [1.54, 1.807) is 43.3 Å².